The van der Waals surface area contributed by atoms with E-state index in [1.807, 2.05) is 11.8 Å². The molecule has 1 N–H and O–H groups in total. The Morgan fingerprint density at radius 1 is 1.19 bits per heavy atom. The van der Waals surface area contributed by atoms with Gasteiger partial charge in [-0.1, -0.05) is 0 Å². The Balaban J connectivity index is 1.87. The molecule has 0 aromatic heterocycles. The van der Waals surface area contributed by atoms with Crippen LogP contribution in [0.15, 0.2) is 0 Å². The molecule has 2 rings (SSSR count). The van der Waals surface area contributed by atoms with Gasteiger partial charge in [0.25, 0.3) is 0 Å². The van der Waals surface area contributed by atoms with Crippen molar-refractivity contribution in [2.75, 3.05) is 31.9 Å². The summed E-state index contributed by atoms with van der Waals surface area (Å²) in [5, 5.41) is 9.92. The summed E-state index contributed by atoms with van der Waals surface area (Å²) in [7, 11) is -3.14. The highest BCUT2D eigenvalue weighted by Crippen LogP contribution is 2.26. The van der Waals surface area contributed by atoms with Gasteiger partial charge in [0.05, 0.1) is 11.4 Å². The molecule has 2 aliphatic rings. The molecular formula is C14H26N2O4S. The van der Waals surface area contributed by atoms with E-state index in [2.05, 4.69) is 0 Å². The van der Waals surface area contributed by atoms with Gasteiger partial charge in [-0.3, -0.25) is 4.79 Å². The first-order valence-corrected chi connectivity index (χ1v) is 9.35. The summed E-state index contributed by atoms with van der Waals surface area (Å²) < 4.78 is 25.1. The van der Waals surface area contributed by atoms with Crippen molar-refractivity contribution in [1.82, 2.24) is 9.21 Å². The van der Waals surface area contributed by atoms with Crippen molar-refractivity contribution in [3.8, 4) is 0 Å². The van der Waals surface area contributed by atoms with Crippen LogP contribution in [-0.4, -0.2) is 66.2 Å². The lowest BCUT2D eigenvalue weighted by Crippen LogP contribution is -2.49. The zero-order valence-corrected chi connectivity index (χ0v) is 13.7. The fourth-order valence-electron chi connectivity index (χ4n) is 3.03. The zero-order valence-electron chi connectivity index (χ0n) is 12.9. The predicted molar refractivity (Wildman–Crippen MR) is 80.2 cm³/mol. The summed E-state index contributed by atoms with van der Waals surface area (Å²) in [6.45, 7) is 5.53. The maximum Gasteiger partial charge on any atom is 0.225 e. The Labute approximate surface area is 127 Å². The van der Waals surface area contributed by atoms with Crippen LogP contribution in [-0.2, 0) is 14.8 Å². The number of carbonyl (C=O) groups is 1. The number of carbonyl (C=O) groups excluding carboxylic acids is 1. The Bertz CT molecular complexity index is 471. The first-order valence-electron chi connectivity index (χ1n) is 7.74. The predicted octanol–water partition coefficient (Wildman–Crippen LogP) is 0.421. The van der Waals surface area contributed by atoms with Gasteiger partial charge >= 0.3 is 0 Å². The first-order chi connectivity index (χ1) is 9.75. The maximum absolute atomic E-state index is 12.5. The topological polar surface area (TPSA) is 77.9 Å². The fourth-order valence-corrected chi connectivity index (χ4v) is 4.16. The molecule has 0 aromatic rings. The molecule has 7 heteroatoms. The molecule has 0 spiro atoms. The number of nitrogens with zero attached hydrogens (tertiary/aromatic N) is 2. The molecule has 0 bridgehead atoms. The van der Waals surface area contributed by atoms with Gasteiger partial charge in [-0.25, -0.2) is 12.7 Å². The second-order valence-electron chi connectivity index (χ2n) is 6.40. The Kier molecular flexibility index (Phi) is 4.95. The lowest BCUT2D eigenvalue weighted by molar-refractivity contribution is -0.140. The molecule has 1 amide bonds. The molecule has 0 saturated carbocycles. The van der Waals surface area contributed by atoms with Crippen LogP contribution in [0, 0.1) is 5.92 Å². The number of likely N-dealkylation sites (tertiary alicyclic amines) is 1. The highest BCUT2D eigenvalue weighted by Gasteiger charge is 2.35. The second-order valence-corrected chi connectivity index (χ2v) is 8.65. The largest absolute Gasteiger partial charge is 0.390 e. The van der Waals surface area contributed by atoms with Gasteiger partial charge in [0.1, 0.15) is 0 Å². The molecule has 2 fully saturated rings. The van der Waals surface area contributed by atoms with Gasteiger partial charge in [0.15, 0.2) is 0 Å². The summed E-state index contributed by atoms with van der Waals surface area (Å²) in [6, 6.07) is 0. The fraction of sp³-hybridized carbons (Fsp3) is 0.929. The number of amides is 1. The second kappa shape index (κ2) is 6.22. The van der Waals surface area contributed by atoms with Crippen molar-refractivity contribution >= 4 is 15.9 Å². The molecule has 2 aliphatic heterocycles. The minimum absolute atomic E-state index is 0.0728. The van der Waals surface area contributed by atoms with Crippen LogP contribution in [0.5, 0.6) is 0 Å². The molecule has 21 heavy (non-hydrogen) atoms. The smallest absolute Gasteiger partial charge is 0.225 e. The standard InChI is InChI=1S/C14H26N2O4S/c1-3-21(19,20)16-8-4-12(5-9-16)13(17)15-10-6-14(2,18)7-11-15/h12,18H,3-11H2,1-2H3. The first kappa shape index (κ1) is 16.7. The highest BCUT2D eigenvalue weighted by molar-refractivity contribution is 7.89. The van der Waals surface area contributed by atoms with Crippen LogP contribution in [0.4, 0.5) is 0 Å². The Hall–Kier alpha value is -0.660. The molecule has 0 atom stereocenters. The van der Waals surface area contributed by atoms with E-state index in [1.54, 1.807) is 6.92 Å². The van der Waals surface area contributed by atoms with Crippen molar-refractivity contribution in [3.63, 3.8) is 0 Å². The molecule has 0 radical (unpaired) electrons. The van der Waals surface area contributed by atoms with Crippen molar-refractivity contribution in [2.24, 2.45) is 5.92 Å². The number of hydrogen-bond donors (Lipinski definition) is 1. The van der Waals surface area contributed by atoms with E-state index in [0.717, 1.165) is 0 Å². The van der Waals surface area contributed by atoms with E-state index in [-0.39, 0.29) is 17.6 Å². The van der Waals surface area contributed by atoms with Gasteiger partial charge in [0.2, 0.25) is 15.9 Å². The molecule has 0 unspecified atom stereocenters. The molecule has 2 saturated heterocycles. The van der Waals surface area contributed by atoms with Gasteiger partial charge in [-0.05, 0) is 39.5 Å². The minimum atomic E-state index is -3.14. The van der Waals surface area contributed by atoms with Crippen LogP contribution in [0.25, 0.3) is 0 Å². The van der Waals surface area contributed by atoms with Gasteiger partial charge in [-0.2, -0.15) is 0 Å². The molecule has 0 aliphatic carbocycles. The van der Waals surface area contributed by atoms with E-state index in [0.29, 0.717) is 51.9 Å². The normalized spacial score (nSPS) is 25.0. The van der Waals surface area contributed by atoms with Crippen molar-refractivity contribution in [2.45, 2.75) is 45.1 Å². The number of piperidine rings is 2. The monoisotopic (exact) mass is 318 g/mol. The minimum Gasteiger partial charge on any atom is -0.390 e. The third-order valence-corrected chi connectivity index (χ3v) is 6.60. The van der Waals surface area contributed by atoms with Crippen molar-refractivity contribution in [3.05, 3.63) is 0 Å². The third kappa shape index (κ3) is 3.96. The van der Waals surface area contributed by atoms with E-state index < -0.39 is 15.6 Å². The molecule has 6 nitrogen and oxygen atoms in total. The summed E-state index contributed by atoms with van der Waals surface area (Å²) in [5.41, 5.74) is -0.657. The maximum atomic E-state index is 12.5. The van der Waals surface area contributed by atoms with Gasteiger partial charge < -0.3 is 10.0 Å². The molecule has 122 valence electrons. The highest BCUT2D eigenvalue weighted by atomic mass is 32.2. The van der Waals surface area contributed by atoms with Crippen LogP contribution in [0.1, 0.15) is 39.5 Å². The number of aliphatic hydroxyl groups is 1. The van der Waals surface area contributed by atoms with E-state index >= 15 is 0 Å². The lowest BCUT2D eigenvalue weighted by atomic mass is 9.91. The van der Waals surface area contributed by atoms with Crippen LogP contribution in [0.2, 0.25) is 0 Å². The van der Waals surface area contributed by atoms with E-state index in [4.69, 9.17) is 0 Å². The molecule has 0 aromatic carbocycles. The average Bonchev–Trinajstić information content (AvgIpc) is 2.47. The lowest BCUT2D eigenvalue weighted by Gasteiger charge is -2.39. The summed E-state index contributed by atoms with van der Waals surface area (Å²) in [5.74, 6) is 0.169. The van der Waals surface area contributed by atoms with Crippen molar-refractivity contribution in [1.29, 1.82) is 0 Å². The number of hydrogen-bond acceptors (Lipinski definition) is 4. The Morgan fingerprint density at radius 3 is 2.19 bits per heavy atom. The Morgan fingerprint density at radius 2 is 1.71 bits per heavy atom. The van der Waals surface area contributed by atoms with E-state index in [1.165, 1.54) is 4.31 Å². The summed E-state index contributed by atoms with van der Waals surface area (Å²) >= 11 is 0. The third-order valence-electron chi connectivity index (χ3n) is 4.71. The average molecular weight is 318 g/mol. The van der Waals surface area contributed by atoms with E-state index in [9.17, 15) is 18.3 Å². The number of sulfonamides is 1. The molecule has 2 heterocycles. The SMILES string of the molecule is CCS(=O)(=O)N1CCC(C(=O)N2CCC(C)(O)CC2)CC1. The van der Waals surface area contributed by atoms with Crippen LogP contribution in [0.3, 0.4) is 0 Å². The van der Waals surface area contributed by atoms with Crippen molar-refractivity contribution < 1.29 is 18.3 Å². The van der Waals surface area contributed by atoms with Gasteiger partial charge in [-0.15, -0.1) is 0 Å². The van der Waals surface area contributed by atoms with Gasteiger partial charge in [0, 0.05) is 32.1 Å². The zero-order chi connectivity index (χ0) is 15.7. The van der Waals surface area contributed by atoms with Crippen LogP contribution >= 0.6 is 0 Å². The summed E-state index contributed by atoms with van der Waals surface area (Å²) in [6.07, 6.45) is 2.43. The quantitative estimate of drug-likeness (QED) is 0.818. The molecular weight excluding hydrogens is 292 g/mol. The summed E-state index contributed by atoms with van der Waals surface area (Å²) in [4.78, 5) is 14.3. The van der Waals surface area contributed by atoms with Crippen LogP contribution < -0.4 is 0 Å². The number of rotatable bonds is 3.